The molecule has 116 valence electrons. The molecule has 2 aromatic rings. The molecule has 2 heterocycles. The van der Waals surface area contributed by atoms with E-state index in [2.05, 4.69) is 19.9 Å². The number of hydrogen-bond donors (Lipinski definition) is 1. The van der Waals surface area contributed by atoms with Crippen LogP contribution < -0.4 is 5.73 Å². The van der Waals surface area contributed by atoms with Crippen LogP contribution in [-0.4, -0.2) is 20.7 Å². The molecule has 5 nitrogen and oxygen atoms in total. The van der Waals surface area contributed by atoms with Gasteiger partial charge >= 0.3 is 0 Å². The smallest absolute Gasteiger partial charge is 0.222 e. The van der Waals surface area contributed by atoms with Gasteiger partial charge in [0.25, 0.3) is 0 Å². The first kappa shape index (κ1) is 16.5. The minimum atomic E-state index is -0.0670. The zero-order chi connectivity index (χ0) is 16.4. The van der Waals surface area contributed by atoms with Gasteiger partial charge in [0.15, 0.2) is 0 Å². The molecular weight excluding hydrogens is 298 g/mol. The van der Waals surface area contributed by atoms with Gasteiger partial charge in [0.2, 0.25) is 5.28 Å². The van der Waals surface area contributed by atoms with E-state index in [1.807, 2.05) is 46.9 Å². The van der Waals surface area contributed by atoms with Crippen molar-refractivity contribution in [1.29, 1.82) is 0 Å². The molecule has 0 aromatic carbocycles. The number of rotatable bonds is 3. The van der Waals surface area contributed by atoms with Crippen molar-refractivity contribution in [2.45, 2.75) is 40.7 Å². The molecule has 6 heteroatoms. The molecule has 0 bridgehead atoms. The Morgan fingerprint density at radius 3 is 2.32 bits per heavy atom. The maximum Gasteiger partial charge on any atom is 0.222 e. The number of pyridine rings is 1. The Kier molecular flexibility index (Phi) is 4.88. The van der Waals surface area contributed by atoms with Gasteiger partial charge in [-0.05, 0) is 57.8 Å². The Morgan fingerprint density at radius 1 is 1.18 bits per heavy atom. The lowest BCUT2D eigenvalue weighted by atomic mass is 10.0. The fourth-order valence-electron chi connectivity index (χ4n) is 2.27. The molecule has 2 rings (SSSR count). The van der Waals surface area contributed by atoms with Crippen molar-refractivity contribution < 1.29 is 0 Å². The number of nitrogens with two attached hydrogens (primary N) is 1. The van der Waals surface area contributed by atoms with Crippen molar-refractivity contribution in [3.8, 4) is 0 Å². The number of hydrogen-bond acceptors (Lipinski definition) is 5. The third-order valence-electron chi connectivity index (χ3n) is 3.52. The topological polar surface area (TPSA) is 77.0 Å². The van der Waals surface area contributed by atoms with Crippen LogP contribution >= 0.6 is 11.6 Å². The van der Waals surface area contributed by atoms with Gasteiger partial charge in [0, 0.05) is 29.2 Å². The molecule has 0 aliphatic heterocycles. The van der Waals surface area contributed by atoms with E-state index in [-0.39, 0.29) is 11.3 Å². The molecule has 2 N–H and O–H groups in total. The largest absolute Gasteiger partial charge is 0.324 e. The fourth-order valence-corrected chi connectivity index (χ4v) is 2.53. The molecule has 0 spiro atoms. The predicted octanol–water partition coefficient (Wildman–Crippen LogP) is 3.61. The molecule has 22 heavy (non-hydrogen) atoms. The van der Waals surface area contributed by atoms with Crippen LogP contribution in [0.1, 0.15) is 48.1 Å². The van der Waals surface area contributed by atoms with E-state index in [0.29, 0.717) is 0 Å². The number of aryl methyl sites for hydroxylation is 3. The summed E-state index contributed by atoms with van der Waals surface area (Å²) in [5, 5.41) is 0.239. The van der Waals surface area contributed by atoms with E-state index in [1.54, 1.807) is 0 Å². The number of aliphatic imine (C=N–C) groups is 1. The highest BCUT2D eigenvalue weighted by atomic mass is 35.5. The van der Waals surface area contributed by atoms with Gasteiger partial charge < -0.3 is 5.73 Å². The summed E-state index contributed by atoms with van der Waals surface area (Å²) in [7, 11) is 0. The number of nitrogens with zero attached hydrogens (tertiary/aromatic N) is 4. The Bertz CT molecular complexity index is 714. The van der Waals surface area contributed by atoms with E-state index in [4.69, 9.17) is 17.3 Å². The molecule has 0 radical (unpaired) electrons. The summed E-state index contributed by atoms with van der Waals surface area (Å²) in [4.78, 5) is 17.4. The third kappa shape index (κ3) is 3.48. The van der Waals surface area contributed by atoms with E-state index in [1.165, 1.54) is 0 Å². The van der Waals surface area contributed by atoms with Gasteiger partial charge in [-0.3, -0.25) is 4.98 Å². The molecule has 0 aliphatic carbocycles. The van der Waals surface area contributed by atoms with Crippen molar-refractivity contribution in [2.75, 3.05) is 0 Å². The monoisotopic (exact) mass is 317 g/mol. The SMILES string of the molecule is C/C(=N\c1c(C)nc(Cl)nc1C)c1cnc(C)c(C(C)N)c1. The van der Waals surface area contributed by atoms with Crippen LogP contribution in [-0.2, 0) is 0 Å². The van der Waals surface area contributed by atoms with Crippen LogP contribution in [0.3, 0.4) is 0 Å². The lowest BCUT2D eigenvalue weighted by Crippen LogP contribution is -2.10. The molecule has 0 amide bonds. The highest BCUT2D eigenvalue weighted by molar-refractivity contribution is 6.28. The van der Waals surface area contributed by atoms with Crippen LogP contribution in [0, 0.1) is 20.8 Å². The van der Waals surface area contributed by atoms with Gasteiger partial charge in [-0.15, -0.1) is 0 Å². The first-order valence-corrected chi connectivity index (χ1v) is 7.46. The molecular formula is C16H20ClN5. The highest BCUT2D eigenvalue weighted by Gasteiger charge is 2.10. The van der Waals surface area contributed by atoms with Gasteiger partial charge in [-0.2, -0.15) is 0 Å². The standard InChI is InChI=1S/C16H20ClN5/c1-8(18)14-6-13(7-19-10(14)3)9(2)20-15-11(4)21-16(17)22-12(15)5/h6-8H,18H2,1-5H3/b20-9+. The molecule has 0 saturated carbocycles. The van der Waals surface area contributed by atoms with Crippen LogP contribution in [0.4, 0.5) is 5.69 Å². The summed E-state index contributed by atoms with van der Waals surface area (Å²) < 4.78 is 0. The summed E-state index contributed by atoms with van der Waals surface area (Å²) >= 11 is 5.85. The maximum atomic E-state index is 5.99. The van der Waals surface area contributed by atoms with Crippen LogP contribution in [0.5, 0.6) is 0 Å². The van der Waals surface area contributed by atoms with Crippen LogP contribution in [0.15, 0.2) is 17.3 Å². The van der Waals surface area contributed by atoms with Gasteiger partial charge in [-0.1, -0.05) is 0 Å². The third-order valence-corrected chi connectivity index (χ3v) is 3.69. The first-order valence-electron chi connectivity index (χ1n) is 7.08. The lowest BCUT2D eigenvalue weighted by Gasteiger charge is -2.11. The lowest BCUT2D eigenvalue weighted by molar-refractivity contribution is 0.799. The van der Waals surface area contributed by atoms with Gasteiger partial charge in [-0.25, -0.2) is 15.0 Å². The summed E-state index contributed by atoms with van der Waals surface area (Å²) in [6.07, 6.45) is 1.81. The quantitative estimate of drug-likeness (QED) is 0.693. The Balaban J connectivity index is 2.48. The van der Waals surface area contributed by atoms with Crippen molar-refractivity contribution >= 4 is 23.0 Å². The minimum Gasteiger partial charge on any atom is -0.324 e. The Morgan fingerprint density at radius 2 is 1.77 bits per heavy atom. The molecule has 1 unspecified atom stereocenters. The van der Waals surface area contributed by atoms with Crippen molar-refractivity contribution in [1.82, 2.24) is 15.0 Å². The van der Waals surface area contributed by atoms with Gasteiger partial charge in [0.05, 0.1) is 11.4 Å². The molecule has 0 fully saturated rings. The first-order chi connectivity index (χ1) is 10.3. The predicted molar refractivity (Wildman–Crippen MR) is 90.0 cm³/mol. The Hall–Kier alpha value is -1.85. The zero-order valence-corrected chi connectivity index (χ0v) is 14.2. The minimum absolute atomic E-state index is 0.0670. The summed E-state index contributed by atoms with van der Waals surface area (Å²) in [5.41, 5.74) is 12.0. The average molecular weight is 318 g/mol. The second-order valence-electron chi connectivity index (χ2n) is 5.40. The highest BCUT2D eigenvalue weighted by Crippen LogP contribution is 2.23. The second kappa shape index (κ2) is 6.50. The normalized spacial score (nSPS) is 13.3. The average Bonchev–Trinajstić information content (AvgIpc) is 2.42. The molecule has 2 aromatic heterocycles. The van der Waals surface area contributed by atoms with E-state index < -0.39 is 0 Å². The van der Waals surface area contributed by atoms with Crippen molar-refractivity contribution in [2.24, 2.45) is 10.7 Å². The zero-order valence-electron chi connectivity index (χ0n) is 13.5. The summed E-state index contributed by atoms with van der Waals surface area (Å²) in [6.45, 7) is 9.57. The molecule has 0 saturated heterocycles. The maximum absolute atomic E-state index is 5.99. The fraction of sp³-hybridized carbons (Fsp3) is 0.375. The van der Waals surface area contributed by atoms with Crippen LogP contribution in [0.25, 0.3) is 0 Å². The van der Waals surface area contributed by atoms with E-state index in [9.17, 15) is 0 Å². The van der Waals surface area contributed by atoms with Gasteiger partial charge in [0.1, 0.15) is 5.69 Å². The van der Waals surface area contributed by atoms with Crippen molar-refractivity contribution in [3.63, 3.8) is 0 Å². The van der Waals surface area contributed by atoms with Crippen LogP contribution in [0.2, 0.25) is 5.28 Å². The van der Waals surface area contributed by atoms with E-state index in [0.717, 1.165) is 39.6 Å². The molecule has 1 atom stereocenters. The van der Waals surface area contributed by atoms with Crippen molar-refractivity contribution in [3.05, 3.63) is 45.8 Å². The number of halogens is 1. The summed E-state index contributed by atoms with van der Waals surface area (Å²) in [5.74, 6) is 0. The Labute approximate surface area is 135 Å². The second-order valence-corrected chi connectivity index (χ2v) is 5.73. The van der Waals surface area contributed by atoms with E-state index >= 15 is 0 Å². The summed E-state index contributed by atoms with van der Waals surface area (Å²) in [6, 6.07) is 1.97. The molecule has 0 aliphatic rings. The number of aromatic nitrogens is 3.